The SMILES string of the molecule is CC.CC(=O)CCC(C)=O.COC(=O)c1ccc(C)cc1. The lowest BCUT2D eigenvalue weighted by Crippen LogP contribution is -2.00. The van der Waals surface area contributed by atoms with Crippen LogP contribution in [0.4, 0.5) is 0 Å². The maximum Gasteiger partial charge on any atom is 0.337 e. The van der Waals surface area contributed by atoms with Gasteiger partial charge in [-0.25, -0.2) is 4.79 Å². The quantitative estimate of drug-likeness (QED) is 0.793. The van der Waals surface area contributed by atoms with Crippen molar-refractivity contribution in [2.24, 2.45) is 0 Å². The number of hydrogen-bond donors (Lipinski definition) is 0. The van der Waals surface area contributed by atoms with Crippen molar-refractivity contribution < 1.29 is 19.1 Å². The summed E-state index contributed by atoms with van der Waals surface area (Å²) >= 11 is 0. The van der Waals surface area contributed by atoms with Gasteiger partial charge in [-0.05, 0) is 32.9 Å². The third-order valence-electron chi connectivity index (χ3n) is 2.30. The fraction of sp³-hybridized carbons (Fsp3) is 0.471. The van der Waals surface area contributed by atoms with E-state index in [1.807, 2.05) is 32.9 Å². The molecule has 21 heavy (non-hydrogen) atoms. The third kappa shape index (κ3) is 12.8. The maximum absolute atomic E-state index is 10.9. The average Bonchev–Trinajstić information content (AvgIpc) is 2.48. The summed E-state index contributed by atoms with van der Waals surface area (Å²) in [6.07, 6.45) is 0.796. The lowest BCUT2D eigenvalue weighted by Gasteiger charge is -1.97. The van der Waals surface area contributed by atoms with E-state index in [4.69, 9.17) is 0 Å². The third-order valence-corrected chi connectivity index (χ3v) is 2.30. The van der Waals surface area contributed by atoms with Crippen LogP contribution >= 0.6 is 0 Å². The zero-order valence-corrected chi connectivity index (χ0v) is 13.9. The van der Waals surface area contributed by atoms with Gasteiger partial charge in [-0.1, -0.05) is 31.5 Å². The molecule has 0 radical (unpaired) electrons. The molecule has 0 unspecified atom stereocenters. The smallest absolute Gasteiger partial charge is 0.337 e. The van der Waals surface area contributed by atoms with Crippen LogP contribution < -0.4 is 0 Å². The number of carbonyl (C=O) groups excluding carboxylic acids is 3. The number of esters is 1. The Balaban J connectivity index is 0. The van der Waals surface area contributed by atoms with Gasteiger partial charge >= 0.3 is 5.97 Å². The van der Waals surface area contributed by atoms with E-state index >= 15 is 0 Å². The molecular weight excluding hydrogens is 268 g/mol. The molecule has 118 valence electrons. The summed E-state index contributed by atoms with van der Waals surface area (Å²) in [5, 5.41) is 0. The predicted molar refractivity (Wildman–Crippen MR) is 84.5 cm³/mol. The molecule has 0 spiro atoms. The summed E-state index contributed by atoms with van der Waals surface area (Å²) in [7, 11) is 1.38. The van der Waals surface area contributed by atoms with Gasteiger partial charge in [0, 0.05) is 12.8 Å². The Morgan fingerprint density at radius 1 is 0.905 bits per heavy atom. The van der Waals surface area contributed by atoms with Crippen LogP contribution in [0, 0.1) is 6.92 Å². The molecule has 0 saturated heterocycles. The van der Waals surface area contributed by atoms with E-state index in [0.29, 0.717) is 18.4 Å². The lowest BCUT2D eigenvalue weighted by atomic mass is 10.2. The number of ketones is 2. The summed E-state index contributed by atoms with van der Waals surface area (Å²) < 4.78 is 4.54. The molecule has 0 heterocycles. The van der Waals surface area contributed by atoms with Crippen LogP contribution in [0.15, 0.2) is 24.3 Å². The summed E-state index contributed by atoms with van der Waals surface area (Å²) in [5.41, 5.74) is 1.73. The van der Waals surface area contributed by atoms with Gasteiger partial charge in [0.1, 0.15) is 11.6 Å². The minimum absolute atomic E-state index is 0.0835. The van der Waals surface area contributed by atoms with E-state index in [9.17, 15) is 14.4 Å². The Bertz CT molecular complexity index is 419. The van der Waals surface area contributed by atoms with Crippen molar-refractivity contribution in [3.8, 4) is 0 Å². The molecule has 0 aliphatic carbocycles. The number of Topliss-reactive ketones (excluding diaryl/α,β-unsaturated/α-hetero) is 2. The van der Waals surface area contributed by atoms with Gasteiger partial charge in [-0.2, -0.15) is 0 Å². The summed E-state index contributed by atoms with van der Waals surface area (Å²) in [6, 6.07) is 7.26. The Kier molecular flexibility index (Phi) is 13.2. The van der Waals surface area contributed by atoms with Gasteiger partial charge in [0.05, 0.1) is 12.7 Å². The molecule has 0 bridgehead atoms. The zero-order chi connectivity index (χ0) is 16.8. The second-order valence-electron chi connectivity index (χ2n) is 4.26. The molecule has 0 N–H and O–H groups in total. The van der Waals surface area contributed by atoms with Crippen molar-refractivity contribution >= 4 is 17.5 Å². The Hall–Kier alpha value is -1.97. The zero-order valence-electron chi connectivity index (χ0n) is 13.9. The average molecular weight is 294 g/mol. The van der Waals surface area contributed by atoms with Crippen LogP contribution in [-0.4, -0.2) is 24.6 Å². The van der Waals surface area contributed by atoms with Crippen LogP contribution in [0.5, 0.6) is 0 Å². The second-order valence-corrected chi connectivity index (χ2v) is 4.26. The van der Waals surface area contributed by atoms with Crippen molar-refractivity contribution in [1.29, 1.82) is 0 Å². The molecule has 0 aliphatic rings. The first-order valence-corrected chi connectivity index (χ1v) is 7.00. The number of hydrogen-bond acceptors (Lipinski definition) is 4. The van der Waals surface area contributed by atoms with Crippen molar-refractivity contribution in [1.82, 2.24) is 0 Å². The molecule has 0 atom stereocenters. The topological polar surface area (TPSA) is 60.4 Å². The van der Waals surface area contributed by atoms with E-state index in [2.05, 4.69) is 4.74 Å². The highest BCUT2D eigenvalue weighted by Crippen LogP contribution is 2.03. The Morgan fingerprint density at radius 2 is 1.29 bits per heavy atom. The lowest BCUT2D eigenvalue weighted by molar-refractivity contribution is -0.122. The van der Waals surface area contributed by atoms with Crippen LogP contribution in [-0.2, 0) is 14.3 Å². The van der Waals surface area contributed by atoms with Crippen molar-refractivity contribution in [3.05, 3.63) is 35.4 Å². The molecule has 0 amide bonds. The number of benzene rings is 1. The molecule has 0 fully saturated rings. The normalized spacial score (nSPS) is 8.48. The fourth-order valence-corrected chi connectivity index (χ4v) is 1.16. The number of aryl methyl sites for hydroxylation is 1. The van der Waals surface area contributed by atoms with E-state index in [1.54, 1.807) is 12.1 Å². The van der Waals surface area contributed by atoms with Gasteiger partial charge in [-0.3, -0.25) is 0 Å². The predicted octanol–water partition coefficient (Wildman–Crippen LogP) is 3.75. The monoisotopic (exact) mass is 294 g/mol. The second kappa shape index (κ2) is 13.0. The number of rotatable bonds is 4. The standard InChI is InChI=1S/C9H10O2.C6H10O2.C2H6/c1-7-3-5-8(6-4-7)9(10)11-2;1-5(7)3-4-6(2)8;1-2/h3-6H,1-2H3;3-4H2,1-2H3;1-2H3. The minimum Gasteiger partial charge on any atom is -0.465 e. The van der Waals surface area contributed by atoms with Gasteiger partial charge < -0.3 is 14.3 Å². The summed E-state index contributed by atoms with van der Waals surface area (Å²) in [5.74, 6) is -0.120. The maximum atomic E-state index is 10.9. The van der Waals surface area contributed by atoms with Crippen LogP contribution in [0.2, 0.25) is 0 Å². The molecule has 4 heteroatoms. The molecule has 1 aromatic carbocycles. The van der Waals surface area contributed by atoms with Gasteiger partial charge in [0.15, 0.2) is 0 Å². The minimum atomic E-state index is -0.287. The number of methoxy groups -OCH3 is 1. The highest BCUT2D eigenvalue weighted by Gasteiger charge is 2.02. The molecule has 0 aliphatic heterocycles. The fourth-order valence-electron chi connectivity index (χ4n) is 1.16. The van der Waals surface area contributed by atoms with Crippen LogP contribution in [0.3, 0.4) is 0 Å². The molecule has 0 saturated carbocycles. The molecule has 1 aromatic rings. The molecule has 4 nitrogen and oxygen atoms in total. The summed E-state index contributed by atoms with van der Waals surface area (Å²) in [4.78, 5) is 31.3. The first-order chi connectivity index (χ1) is 9.86. The molecule has 1 rings (SSSR count). The van der Waals surface area contributed by atoms with E-state index in [0.717, 1.165) is 5.56 Å². The largest absolute Gasteiger partial charge is 0.465 e. The first-order valence-electron chi connectivity index (χ1n) is 7.00. The summed E-state index contributed by atoms with van der Waals surface area (Å²) in [6.45, 7) is 8.95. The van der Waals surface area contributed by atoms with E-state index in [-0.39, 0.29) is 17.5 Å². The van der Waals surface area contributed by atoms with Crippen LogP contribution in [0.1, 0.15) is 56.5 Å². The van der Waals surface area contributed by atoms with Crippen molar-refractivity contribution in [2.45, 2.75) is 47.5 Å². The highest BCUT2D eigenvalue weighted by molar-refractivity contribution is 5.89. The van der Waals surface area contributed by atoms with Crippen molar-refractivity contribution in [2.75, 3.05) is 7.11 Å². The van der Waals surface area contributed by atoms with Gasteiger partial charge in [0.25, 0.3) is 0 Å². The number of ether oxygens (including phenoxy) is 1. The van der Waals surface area contributed by atoms with Crippen LogP contribution in [0.25, 0.3) is 0 Å². The molecular formula is C17H26O4. The van der Waals surface area contributed by atoms with E-state index in [1.165, 1.54) is 21.0 Å². The van der Waals surface area contributed by atoms with Crippen molar-refractivity contribution in [3.63, 3.8) is 0 Å². The Labute approximate surface area is 127 Å². The van der Waals surface area contributed by atoms with Gasteiger partial charge in [0.2, 0.25) is 0 Å². The first kappa shape index (κ1) is 21.3. The number of carbonyl (C=O) groups is 3. The van der Waals surface area contributed by atoms with Gasteiger partial charge in [-0.15, -0.1) is 0 Å². The Morgan fingerprint density at radius 3 is 1.57 bits per heavy atom. The molecule has 0 aromatic heterocycles. The van der Waals surface area contributed by atoms with E-state index < -0.39 is 0 Å². The highest BCUT2D eigenvalue weighted by atomic mass is 16.5.